The van der Waals surface area contributed by atoms with Gasteiger partial charge in [-0.15, -0.1) is 10.2 Å². The zero-order chi connectivity index (χ0) is 27.4. The molecule has 1 saturated heterocycles. The quantitative estimate of drug-likeness (QED) is 0.307. The number of likely N-dealkylation sites (tertiary alicyclic amines) is 1. The second-order valence-electron chi connectivity index (χ2n) is 10.2. The van der Waals surface area contributed by atoms with Gasteiger partial charge in [0.05, 0.1) is 23.2 Å². The summed E-state index contributed by atoms with van der Waals surface area (Å²) in [4.78, 5) is 15.7. The summed E-state index contributed by atoms with van der Waals surface area (Å²) in [5.41, 5.74) is 9.89. The second-order valence-corrected chi connectivity index (χ2v) is 10.2. The molecular formula is C32H31N5O2. The summed E-state index contributed by atoms with van der Waals surface area (Å²) >= 11 is 0. The highest BCUT2D eigenvalue weighted by molar-refractivity contribution is 5.97. The van der Waals surface area contributed by atoms with E-state index in [1.54, 1.807) is 12.1 Å². The van der Waals surface area contributed by atoms with E-state index < -0.39 is 5.54 Å². The van der Waals surface area contributed by atoms with E-state index in [0.29, 0.717) is 35.5 Å². The van der Waals surface area contributed by atoms with Gasteiger partial charge in [-0.05, 0) is 74.1 Å². The van der Waals surface area contributed by atoms with E-state index in [0.717, 1.165) is 29.5 Å². The Labute approximate surface area is 228 Å². The summed E-state index contributed by atoms with van der Waals surface area (Å²) in [5, 5.41) is 18.3. The van der Waals surface area contributed by atoms with E-state index in [1.165, 1.54) is 0 Å². The summed E-state index contributed by atoms with van der Waals surface area (Å²) in [6, 6.07) is 25.1. The standard InChI is InChI=1S/C32H31N5O2/c1-3-10-27-14-9-16-37(27)30(38)26-18-24(28-15-8-7-13-23(28)21-33)17-25(19-26)29-35-36-31(39-29)32(2,34)20-22-11-5-4-6-12-22/h3-8,10-13,15,17-19,27H,9,14,16,20,34H2,1-2H3/b10-3-/t27-,32+/m0/s1. The van der Waals surface area contributed by atoms with Crippen LogP contribution in [0.25, 0.3) is 22.6 Å². The number of nitriles is 1. The number of carbonyl (C=O) groups excluding carboxylic acids is 1. The van der Waals surface area contributed by atoms with Gasteiger partial charge in [-0.1, -0.05) is 60.7 Å². The molecule has 4 aromatic rings. The van der Waals surface area contributed by atoms with Crippen LogP contribution >= 0.6 is 0 Å². The first-order valence-electron chi connectivity index (χ1n) is 13.1. The highest BCUT2D eigenvalue weighted by Crippen LogP contribution is 2.33. The van der Waals surface area contributed by atoms with Crippen molar-refractivity contribution in [3.8, 4) is 28.7 Å². The lowest BCUT2D eigenvalue weighted by atomic mass is 9.94. The first-order valence-corrected chi connectivity index (χ1v) is 13.1. The molecule has 2 N–H and O–H groups in total. The number of benzene rings is 3. The molecule has 2 heterocycles. The van der Waals surface area contributed by atoms with Gasteiger partial charge < -0.3 is 15.1 Å². The molecule has 5 rings (SSSR count). The number of hydrogen-bond donors (Lipinski definition) is 1. The van der Waals surface area contributed by atoms with E-state index in [2.05, 4.69) is 22.3 Å². The van der Waals surface area contributed by atoms with Crippen molar-refractivity contribution in [1.29, 1.82) is 5.26 Å². The summed E-state index contributed by atoms with van der Waals surface area (Å²) < 4.78 is 6.13. The van der Waals surface area contributed by atoms with Gasteiger partial charge in [-0.2, -0.15) is 5.26 Å². The first-order chi connectivity index (χ1) is 18.9. The number of nitrogens with two attached hydrogens (primary N) is 1. The van der Waals surface area contributed by atoms with Gasteiger partial charge >= 0.3 is 0 Å². The summed E-state index contributed by atoms with van der Waals surface area (Å²) in [7, 11) is 0. The maximum atomic E-state index is 13.8. The molecule has 7 heteroatoms. The molecule has 0 aliphatic carbocycles. The van der Waals surface area contributed by atoms with E-state index in [4.69, 9.17) is 10.2 Å². The number of carbonyl (C=O) groups is 1. The molecular weight excluding hydrogens is 486 g/mol. The normalized spacial score (nSPS) is 16.8. The minimum absolute atomic E-state index is 0.0620. The number of allylic oxidation sites excluding steroid dienone is 1. The predicted molar refractivity (Wildman–Crippen MR) is 150 cm³/mol. The number of nitrogens with zero attached hydrogens (tertiary/aromatic N) is 4. The fourth-order valence-electron chi connectivity index (χ4n) is 5.16. The van der Waals surface area contributed by atoms with Crippen molar-refractivity contribution in [2.75, 3.05) is 6.54 Å². The molecule has 39 heavy (non-hydrogen) atoms. The molecule has 0 unspecified atom stereocenters. The average Bonchev–Trinajstić information content (AvgIpc) is 3.64. The maximum Gasteiger partial charge on any atom is 0.254 e. The Morgan fingerprint density at radius 1 is 1.13 bits per heavy atom. The maximum absolute atomic E-state index is 13.8. The van der Waals surface area contributed by atoms with Crippen LogP contribution in [0.3, 0.4) is 0 Å². The molecule has 2 atom stereocenters. The van der Waals surface area contributed by atoms with Gasteiger partial charge in [0.2, 0.25) is 11.8 Å². The average molecular weight is 518 g/mol. The van der Waals surface area contributed by atoms with Crippen LogP contribution in [-0.2, 0) is 12.0 Å². The molecule has 0 bridgehead atoms. The van der Waals surface area contributed by atoms with Crippen LogP contribution in [0.15, 0.2) is 89.4 Å². The third-order valence-corrected chi connectivity index (χ3v) is 7.09. The van der Waals surface area contributed by atoms with Crippen LogP contribution in [0.1, 0.15) is 54.1 Å². The highest BCUT2D eigenvalue weighted by atomic mass is 16.4. The molecule has 1 amide bonds. The highest BCUT2D eigenvalue weighted by Gasteiger charge is 2.31. The molecule has 7 nitrogen and oxygen atoms in total. The van der Waals surface area contributed by atoms with Crippen molar-refractivity contribution in [2.45, 2.75) is 44.7 Å². The SMILES string of the molecule is C/C=C\[C@H]1CCCN1C(=O)c1cc(-c2nnc([C@](C)(N)Cc3ccccc3)o2)cc(-c2ccccc2C#N)c1. The number of hydrogen-bond acceptors (Lipinski definition) is 6. The summed E-state index contributed by atoms with van der Waals surface area (Å²) in [6.07, 6.45) is 6.47. The van der Waals surface area contributed by atoms with Crippen LogP contribution in [0.5, 0.6) is 0 Å². The van der Waals surface area contributed by atoms with Crippen molar-refractivity contribution in [2.24, 2.45) is 5.73 Å². The van der Waals surface area contributed by atoms with Crippen molar-refractivity contribution >= 4 is 5.91 Å². The minimum Gasteiger partial charge on any atom is -0.419 e. The fraction of sp³-hybridized carbons (Fsp3) is 0.250. The Kier molecular flexibility index (Phi) is 7.40. The fourth-order valence-corrected chi connectivity index (χ4v) is 5.16. The lowest BCUT2D eigenvalue weighted by Crippen LogP contribution is -2.35. The molecule has 1 aliphatic rings. The molecule has 0 radical (unpaired) electrons. The van der Waals surface area contributed by atoms with E-state index in [9.17, 15) is 10.1 Å². The topological polar surface area (TPSA) is 109 Å². The van der Waals surface area contributed by atoms with Crippen LogP contribution in [0.4, 0.5) is 0 Å². The molecule has 3 aromatic carbocycles. The molecule has 0 spiro atoms. The van der Waals surface area contributed by atoms with E-state index in [1.807, 2.05) is 85.5 Å². The first kappa shape index (κ1) is 26.1. The Morgan fingerprint density at radius 2 is 1.87 bits per heavy atom. The van der Waals surface area contributed by atoms with E-state index >= 15 is 0 Å². The van der Waals surface area contributed by atoms with Crippen LogP contribution in [-0.4, -0.2) is 33.6 Å². The molecule has 196 valence electrons. The molecule has 1 aromatic heterocycles. The van der Waals surface area contributed by atoms with Gasteiger partial charge in [0.15, 0.2) is 0 Å². The van der Waals surface area contributed by atoms with E-state index in [-0.39, 0.29) is 17.8 Å². The van der Waals surface area contributed by atoms with Gasteiger partial charge in [0, 0.05) is 17.7 Å². The van der Waals surface area contributed by atoms with Gasteiger partial charge in [-0.25, -0.2) is 0 Å². The zero-order valence-corrected chi connectivity index (χ0v) is 22.2. The lowest BCUT2D eigenvalue weighted by Gasteiger charge is -2.23. The van der Waals surface area contributed by atoms with Gasteiger partial charge in [0.1, 0.15) is 0 Å². The molecule has 1 aliphatic heterocycles. The monoisotopic (exact) mass is 517 g/mol. The van der Waals surface area contributed by atoms with Crippen molar-refractivity contribution in [1.82, 2.24) is 15.1 Å². The number of aromatic nitrogens is 2. The smallest absolute Gasteiger partial charge is 0.254 e. The van der Waals surface area contributed by atoms with Gasteiger partial charge in [0.25, 0.3) is 5.91 Å². The Balaban J connectivity index is 1.56. The van der Waals surface area contributed by atoms with Crippen LogP contribution in [0, 0.1) is 11.3 Å². The largest absolute Gasteiger partial charge is 0.419 e. The Hall–Kier alpha value is -4.54. The minimum atomic E-state index is -0.883. The van der Waals surface area contributed by atoms with Crippen molar-refractivity contribution in [3.05, 3.63) is 108 Å². The van der Waals surface area contributed by atoms with Crippen LogP contribution in [0.2, 0.25) is 0 Å². The third kappa shape index (κ3) is 5.52. The summed E-state index contributed by atoms with van der Waals surface area (Å²) in [5.74, 6) is 0.511. The summed E-state index contributed by atoms with van der Waals surface area (Å²) in [6.45, 7) is 4.52. The molecule has 0 saturated carbocycles. The Bertz CT molecular complexity index is 1550. The lowest BCUT2D eigenvalue weighted by molar-refractivity contribution is 0.0761. The Morgan fingerprint density at radius 3 is 2.64 bits per heavy atom. The third-order valence-electron chi connectivity index (χ3n) is 7.09. The second kappa shape index (κ2) is 11.1. The number of rotatable bonds is 7. The van der Waals surface area contributed by atoms with Crippen LogP contribution < -0.4 is 5.73 Å². The van der Waals surface area contributed by atoms with Crippen molar-refractivity contribution in [3.63, 3.8) is 0 Å². The number of amides is 1. The predicted octanol–water partition coefficient (Wildman–Crippen LogP) is 5.87. The zero-order valence-electron chi connectivity index (χ0n) is 22.2. The molecule has 1 fully saturated rings. The van der Waals surface area contributed by atoms with Gasteiger partial charge in [-0.3, -0.25) is 4.79 Å². The van der Waals surface area contributed by atoms with Crippen molar-refractivity contribution < 1.29 is 9.21 Å².